The number of nitrogens with one attached hydrogen (secondary N) is 2. The lowest BCUT2D eigenvalue weighted by molar-refractivity contribution is -0.116. The molecule has 2 aromatic rings. The number of aromatic carboxylic acids is 1. The fraction of sp³-hybridized carbons (Fsp3) is 0.158. The summed E-state index contributed by atoms with van der Waals surface area (Å²) in [6.07, 6.45) is 1.74. The Bertz CT molecular complexity index is 878. The van der Waals surface area contributed by atoms with Crippen LogP contribution in [0.25, 0.3) is 6.08 Å². The number of hydrogen-bond acceptors (Lipinski definition) is 5. The molecule has 7 heteroatoms. The van der Waals surface area contributed by atoms with Gasteiger partial charge in [0.2, 0.25) is 0 Å². The number of benzene rings is 2. The number of ether oxygens (including phenoxy) is 1. The maximum absolute atomic E-state index is 12.2. The molecule has 1 fully saturated rings. The summed E-state index contributed by atoms with van der Waals surface area (Å²) in [4.78, 5) is 23.7. The maximum atomic E-state index is 12.2. The van der Waals surface area contributed by atoms with Crippen LogP contribution in [0.1, 0.15) is 21.5 Å². The Morgan fingerprint density at radius 2 is 2.00 bits per heavy atom. The van der Waals surface area contributed by atoms with Crippen molar-refractivity contribution < 1.29 is 19.4 Å². The lowest BCUT2D eigenvalue weighted by atomic mass is 10.1. The fourth-order valence-corrected chi connectivity index (χ4v) is 3.49. The number of thioether (sulfide) groups is 1. The minimum absolute atomic E-state index is 0.179. The monoisotopic (exact) mass is 370 g/mol. The average Bonchev–Trinajstić information content (AvgIpc) is 2.95. The van der Waals surface area contributed by atoms with E-state index >= 15 is 0 Å². The van der Waals surface area contributed by atoms with E-state index in [1.54, 1.807) is 25.3 Å². The Balaban J connectivity index is 1.74. The van der Waals surface area contributed by atoms with Gasteiger partial charge in [-0.05, 0) is 48.4 Å². The SMILES string of the molecule is COc1ccc(C)cc1NC1NC(=O)/C(=C/c2ccc(C(=O)O)cc2)S1. The quantitative estimate of drug-likeness (QED) is 0.700. The highest BCUT2D eigenvalue weighted by atomic mass is 32.2. The smallest absolute Gasteiger partial charge is 0.335 e. The summed E-state index contributed by atoms with van der Waals surface area (Å²) in [5.41, 5.74) is 2.54. The molecule has 0 saturated carbocycles. The van der Waals surface area contributed by atoms with Gasteiger partial charge in [0.15, 0.2) is 5.50 Å². The normalized spacial score (nSPS) is 17.8. The highest BCUT2D eigenvalue weighted by Crippen LogP contribution is 2.33. The topological polar surface area (TPSA) is 87.7 Å². The van der Waals surface area contributed by atoms with Crippen LogP contribution >= 0.6 is 11.8 Å². The number of carboxylic acids is 1. The summed E-state index contributed by atoms with van der Waals surface area (Å²) in [6, 6.07) is 12.2. The van der Waals surface area contributed by atoms with Gasteiger partial charge in [0.05, 0.1) is 23.3 Å². The summed E-state index contributed by atoms with van der Waals surface area (Å²) in [5, 5.41) is 15.1. The van der Waals surface area contributed by atoms with Gasteiger partial charge in [0, 0.05) is 0 Å². The standard InChI is InChI=1S/C19H18N2O4S/c1-11-3-8-15(25-2)14(9-11)20-19-21-17(22)16(26-19)10-12-4-6-13(7-5-12)18(23)24/h3-10,19-20H,1-2H3,(H,21,22)(H,23,24)/b16-10-. The van der Waals surface area contributed by atoms with E-state index in [1.807, 2.05) is 25.1 Å². The molecule has 3 rings (SSSR count). The first-order valence-corrected chi connectivity index (χ1v) is 8.78. The van der Waals surface area contributed by atoms with Gasteiger partial charge in [-0.15, -0.1) is 0 Å². The van der Waals surface area contributed by atoms with E-state index in [2.05, 4.69) is 10.6 Å². The highest BCUT2D eigenvalue weighted by Gasteiger charge is 2.27. The van der Waals surface area contributed by atoms with Crippen molar-refractivity contribution in [2.24, 2.45) is 0 Å². The number of carbonyl (C=O) groups excluding carboxylic acids is 1. The molecule has 0 bridgehead atoms. The van der Waals surface area contributed by atoms with Crippen molar-refractivity contribution in [3.05, 3.63) is 64.1 Å². The second-order valence-corrected chi connectivity index (χ2v) is 6.90. The summed E-state index contributed by atoms with van der Waals surface area (Å²) < 4.78 is 5.34. The van der Waals surface area contributed by atoms with Gasteiger partial charge >= 0.3 is 5.97 Å². The predicted molar refractivity (Wildman–Crippen MR) is 102 cm³/mol. The van der Waals surface area contributed by atoms with Crippen molar-refractivity contribution >= 4 is 35.4 Å². The molecule has 1 aliphatic rings. The van der Waals surface area contributed by atoms with E-state index in [0.29, 0.717) is 10.7 Å². The Labute approximate surface area is 155 Å². The molecule has 1 atom stereocenters. The molecule has 0 radical (unpaired) electrons. The number of anilines is 1. The van der Waals surface area contributed by atoms with E-state index in [4.69, 9.17) is 9.84 Å². The molecular weight excluding hydrogens is 352 g/mol. The Morgan fingerprint density at radius 1 is 1.27 bits per heavy atom. The summed E-state index contributed by atoms with van der Waals surface area (Å²) in [7, 11) is 1.60. The minimum Gasteiger partial charge on any atom is -0.495 e. The van der Waals surface area contributed by atoms with Crippen molar-refractivity contribution in [2.75, 3.05) is 12.4 Å². The third-order valence-corrected chi connectivity index (χ3v) is 4.86. The Morgan fingerprint density at radius 3 is 2.65 bits per heavy atom. The van der Waals surface area contributed by atoms with Gasteiger partial charge in [0.1, 0.15) is 5.75 Å². The number of carbonyl (C=O) groups is 2. The van der Waals surface area contributed by atoms with Crippen LogP contribution < -0.4 is 15.4 Å². The Kier molecular flexibility index (Phi) is 5.18. The zero-order valence-electron chi connectivity index (χ0n) is 14.3. The summed E-state index contributed by atoms with van der Waals surface area (Å²) in [5.74, 6) is -0.456. The minimum atomic E-state index is -0.978. The zero-order chi connectivity index (χ0) is 18.7. The summed E-state index contributed by atoms with van der Waals surface area (Å²) in [6.45, 7) is 1.98. The van der Waals surface area contributed by atoms with E-state index in [0.717, 1.165) is 16.8 Å². The molecule has 0 aliphatic carbocycles. The van der Waals surface area contributed by atoms with Crippen molar-refractivity contribution in [3.8, 4) is 5.75 Å². The first-order valence-electron chi connectivity index (χ1n) is 7.90. The molecule has 6 nitrogen and oxygen atoms in total. The molecular formula is C19H18N2O4S. The van der Waals surface area contributed by atoms with Crippen molar-refractivity contribution in [1.82, 2.24) is 5.32 Å². The molecule has 1 aliphatic heterocycles. The number of amides is 1. The lowest BCUT2D eigenvalue weighted by Gasteiger charge is -2.16. The van der Waals surface area contributed by atoms with E-state index in [1.165, 1.54) is 23.9 Å². The molecule has 1 unspecified atom stereocenters. The van der Waals surface area contributed by atoms with Crippen LogP contribution in [0.4, 0.5) is 5.69 Å². The third-order valence-electron chi connectivity index (χ3n) is 3.83. The number of carboxylic acid groups (broad SMARTS) is 1. The van der Waals surface area contributed by atoms with Crippen LogP contribution in [0.3, 0.4) is 0 Å². The van der Waals surface area contributed by atoms with Crippen LogP contribution in [0.5, 0.6) is 5.75 Å². The van der Waals surface area contributed by atoms with Crippen LogP contribution in [0.15, 0.2) is 47.4 Å². The van der Waals surface area contributed by atoms with Crippen LogP contribution in [-0.4, -0.2) is 29.6 Å². The van der Waals surface area contributed by atoms with E-state index < -0.39 is 5.97 Å². The molecule has 134 valence electrons. The van der Waals surface area contributed by atoms with Gasteiger partial charge in [-0.3, -0.25) is 4.79 Å². The van der Waals surface area contributed by atoms with Crippen molar-refractivity contribution in [1.29, 1.82) is 0 Å². The van der Waals surface area contributed by atoms with Gasteiger partial charge in [-0.25, -0.2) is 4.79 Å². The summed E-state index contributed by atoms with van der Waals surface area (Å²) >= 11 is 1.36. The predicted octanol–water partition coefficient (Wildman–Crippen LogP) is 3.30. The Hall–Kier alpha value is -2.93. The number of methoxy groups -OCH3 is 1. The second-order valence-electron chi connectivity index (χ2n) is 5.76. The third kappa shape index (κ3) is 4.00. The zero-order valence-corrected chi connectivity index (χ0v) is 15.1. The first-order chi connectivity index (χ1) is 12.5. The largest absolute Gasteiger partial charge is 0.495 e. The average molecular weight is 370 g/mol. The molecule has 1 saturated heterocycles. The molecule has 0 aromatic heterocycles. The first kappa shape index (κ1) is 17.9. The van der Waals surface area contributed by atoms with E-state index in [9.17, 15) is 9.59 Å². The molecule has 3 N–H and O–H groups in total. The van der Waals surface area contributed by atoms with Gasteiger partial charge < -0.3 is 20.5 Å². The van der Waals surface area contributed by atoms with Gasteiger partial charge in [-0.2, -0.15) is 0 Å². The molecule has 1 heterocycles. The van der Waals surface area contributed by atoms with E-state index in [-0.39, 0.29) is 17.0 Å². The maximum Gasteiger partial charge on any atom is 0.335 e. The van der Waals surface area contributed by atoms with Crippen molar-refractivity contribution in [3.63, 3.8) is 0 Å². The number of rotatable bonds is 5. The highest BCUT2D eigenvalue weighted by molar-refractivity contribution is 8.05. The van der Waals surface area contributed by atoms with Crippen LogP contribution in [-0.2, 0) is 4.79 Å². The number of aryl methyl sites for hydroxylation is 1. The van der Waals surface area contributed by atoms with Crippen molar-refractivity contribution in [2.45, 2.75) is 12.4 Å². The molecule has 26 heavy (non-hydrogen) atoms. The van der Waals surface area contributed by atoms with Crippen LogP contribution in [0.2, 0.25) is 0 Å². The number of hydrogen-bond donors (Lipinski definition) is 3. The molecule has 2 aromatic carbocycles. The molecule has 1 amide bonds. The van der Waals surface area contributed by atoms with Gasteiger partial charge in [0.25, 0.3) is 5.91 Å². The molecule has 0 spiro atoms. The second kappa shape index (κ2) is 7.53. The van der Waals surface area contributed by atoms with Crippen LogP contribution in [0, 0.1) is 6.92 Å². The lowest BCUT2D eigenvalue weighted by Crippen LogP contribution is -2.31. The van der Waals surface area contributed by atoms with Gasteiger partial charge in [-0.1, -0.05) is 30.0 Å². The fourth-order valence-electron chi connectivity index (χ4n) is 2.51.